The van der Waals surface area contributed by atoms with Gasteiger partial charge < -0.3 is 4.89 Å². The van der Waals surface area contributed by atoms with Crippen LogP contribution in [0.1, 0.15) is 6.92 Å². The van der Waals surface area contributed by atoms with Crippen LogP contribution in [0.4, 0.5) is 0 Å². The van der Waals surface area contributed by atoms with Crippen LogP contribution in [-0.4, -0.2) is 70.3 Å². The molecule has 7 heteroatoms. The van der Waals surface area contributed by atoms with Crippen LogP contribution in [0.5, 0.6) is 0 Å². The van der Waals surface area contributed by atoms with Gasteiger partial charge in [-0.3, -0.25) is 9.05 Å². The van der Waals surface area contributed by atoms with Crippen LogP contribution in [0, 0.1) is 0 Å². The molecule has 1 fully saturated rings. The Balaban J connectivity index is 0. The first kappa shape index (κ1) is 13.7. The smallest absolute Gasteiger partial charge is 0.302 e. The zero-order valence-corrected chi connectivity index (χ0v) is 10.6. The molecule has 9 heavy (non-hydrogen) atoms. The van der Waals surface area contributed by atoms with Crippen LogP contribution in [0.25, 0.3) is 0 Å². The van der Waals surface area contributed by atoms with Gasteiger partial charge in [0.1, 0.15) is 0 Å². The molecule has 1 saturated heterocycles. The molecule has 4 nitrogen and oxygen atoms in total. The van der Waals surface area contributed by atoms with E-state index < -0.39 is 14.1 Å². The van der Waals surface area contributed by atoms with Gasteiger partial charge >= 0.3 is 7.82 Å². The Kier molecular flexibility index (Phi) is 7.42. The Morgan fingerprint density at radius 3 is 1.78 bits per heavy atom. The summed E-state index contributed by atoms with van der Waals surface area (Å²) in [5.74, 6) is 0. The van der Waals surface area contributed by atoms with Crippen molar-refractivity contribution in [3.8, 4) is 0 Å². The van der Waals surface area contributed by atoms with Crippen molar-refractivity contribution in [2.75, 3.05) is 0 Å². The monoisotopic (exact) mass is 170 g/mol. The van der Waals surface area contributed by atoms with Gasteiger partial charge in [-0.05, 0) is 6.92 Å². The molecule has 0 aromatic heterocycles. The molecule has 0 aliphatic carbocycles. The third kappa shape index (κ3) is 4.53. The van der Waals surface area contributed by atoms with Gasteiger partial charge in [-0.15, -0.1) is 0 Å². The molecule has 0 aromatic carbocycles. The van der Waals surface area contributed by atoms with Gasteiger partial charge in [0.25, 0.3) is 0 Å². The van der Waals surface area contributed by atoms with E-state index in [1.54, 1.807) is 6.92 Å². The fourth-order valence-electron chi connectivity index (χ4n) is 0.383. The minimum Gasteiger partial charge on any atom is -0.302 e. The van der Waals surface area contributed by atoms with Gasteiger partial charge in [-0.1, -0.05) is 0 Å². The van der Waals surface area contributed by atoms with E-state index in [4.69, 9.17) is 4.89 Å². The van der Waals surface area contributed by atoms with Gasteiger partial charge in [0.05, 0.1) is 0 Å². The van der Waals surface area contributed by atoms with Crippen LogP contribution >= 0.6 is 7.82 Å². The zero-order chi connectivity index (χ0) is 5.49. The molecule has 0 atom stereocenters. The minimum atomic E-state index is -3.52. The van der Waals surface area contributed by atoms with E-state index in [9.17, 15) is 4.57 Å². The molecule has 0 bridgehead atoms. The third-order valence-electron chi connectivity index (χ3n) is 0.563. The topological polar surface area (TPSA) is 55.8 Å². The molecule has 44 valence electrons. The number of hydrogen-bond donors (Lipinski definition) is 1. The van der Waals surface area contributed by atoms with Crippen molar-refractivity contribution in [2.24, 2.45) is 0 Å². The van der Waals surface area contributed by atoms with Gasteiger partial charge in [-0.2, -0.15) is 0 Å². The zero-order valence-electron chi connectivity index (χ0n) is 5.70. The van der Waals surface area contributed by atoms with Crippen molar-refractivity contribution >= 4 is 66.9 Å². The van der Waals surface area contributed by atoms with E-state index in [0.29, 0.717) is 0 Å². The van der Waals surface area contributed by atoms with Crippen molar-refractivity contribution < 1.29 is 18.5 Å². The second-order valence-electron chi connectivity index (χ2n) is 1.25. The van der Waals surface area contributed by atoms with E-state index in [2.05, 4.69) is 9.05 Å². The summed E-state index contributed by atoms with van der Waals surface area (Å²) < 4.78 is 18.4. The average molecular weight is 170 g/mol. The molecule has 1 heterocycles. The summed E-state index contributed by atoms with van der Waals surface area (Å²) in [7, 11) is -3.52. The predicted octanol–water partition coefficient (Wildman–Crippen LogP) is -0.282. The molecule has 1 rings (SSSR count). The maximum atomic E-state index is 9.99. The van der Waals surface area contributed by atoms with E-state index in [1.807, 2.05) is 0 Å². The summed E-state index contributed by atoms with van der Waals surface area (Å²) in [5.41, 5.74) is 0. The maximum Gasteiger partial charge on any atom is 0.476 e. The molecular formula is C2H5Na2O4P. The minimum absolute atomic E-state index is 0. The van der Waals surface area contributed by atoms with E-state index in [0.717, 1.165) is 0 Å². The molecule has 0 spiro atoms. The number of hydrogen-bond acceptors (Lipinski definition) is 3. The number of phosphoric ester groups is 1. The summed E-state index contributed by atoms with van der Waals surface area (Å²) in [5, 5.41) is 0. The average Bonchev–Trinajstić information content (AvgIpc) is 1.27. The SMILES string of the molecule is CC1OP(=O)(O)O1.[Na].[Na]. The van der Waals surface area contributed by atoms with Crippen molar-refractivity contribution in [3.05, 3.63) is 0 Å². The fourth-order valence-corrected chi connectivity index (χ4v) is 1.15. The maximum absolute atomic E-state index is 9.99. The quantitative estimate of drug-likeness (QED) is 0.401. The first-order chi connectivity index (χ1) is 3.10. The summed E-state index contributed by atoms with van der Waals surface area (Å²) >= 11 is 0. The Bertz CT molecular complexity index is 118. The number of rotatable bonds is 0. The van der Waals surface area contributed by atoms with Gasteiger partial charge in [0.15, 0.2) is 6.29 Å². The van der Waals surface area contributed by atoms with Crippen LogP contribution in [-0.2, 0) is 13.6 Å². The van der Waals surface area contributed by atoms with Crippen LogP contribution in [0.15, 0.2) is 0 Å². The summed E-state index contributed by atoms with van der Waals surface area (Å²) in [4.78, 5) is 8.19. The summed E-state index contributed by atoms with van der Waals surface area (Å²) in [6, 6.07) is 0. The third-order valence-corrected chi connectivity index (χ3v) is 1.69. The normalized spacial score (nSPS) is 39.6. The van der Waals surface area contributed by atoms with Gasteiger partial charge in [0.2, 0.25) is 0 Å². The molecule has 1 aliphatic rings. The van der Waals surface area contributed by atoms with Gasteiger partial charge in [-0.25, -0.2) is 4.57 Å². The molecule has 1 N–H and O–H groups in total. The van der Waals surface area contributed by atoms with Crippen molar-refractivity contribution in [1.82, 2.24) is 0 Å². The van der Waals surface area contributed by atoms with Crippen LogP contribution in [0.3, 0.4) is 0 Å². The van der Waals surface area contributed by atoms with Crippen LogP contribution < -0.4 is 0 Å². The standard InChI is InChI=1S/C2H5O4P.2Na/c1-2-5-7(3,4)6-2;;/h2H,1H3,(H,3,4);;. The van der Waals surface area contributed by atoms with Crippen molar-refractivity contribution in [3.63, 3.8) is 0 Å². The molecule has 0 amide bonds. The Morgan fingerprint density at radius 1 is 1.44 bits per heavy atom. The first-order valence-electron chi connectivity index (χ1n) is 1.80. The number of phosphoric acid groups is 1. The Labute approximate surface area is 97.5 Å². The second kappa shape index (κ2) is 4.88. The van der Waals surface area contributed by atoms with E-state index in [1.165, 1.54) is 0 Å². The molecule has 0 unspecified atom stereocenters. The Morgan fingerprint density at radius 2 is 1.78 bits per heavy atom. The van der Waals surface area contributed by atoms with Gasteiger partial charge in [0, 0.05) is 59.1 Å². The fraction of sp³-hybridized carbons (Fsp3) is 1.00. The van der Waals surface area contributed by atoms with Crippen LogP contribution in [0.2, 0.25) is 0 Å². The predicted molar refractivity (Wildman–Crippen MR) is 33.0 cm³/mol. The van der Waals surface area contributed by atoms with Crippen molar-refractivity contribution in [2.45, 2.75) is 13.2 Å². The second-order valence-corrected chi connectivity index (χ2v) is 2.61. The van der Waals surface area contributed by atoms with Crippen molar-refractivity contribution in [1.29, 1.82) is 0 Å². The Hall–Kier alpha value is 2.11. The molecule has 1 aliphatic heterocycles. The molecule has 0 saturated carbocycles. The van der Waals surface area contributed by atoms with E-state index in [-0.39, 0.29) is 59.1 Å². The summed E-state index contributed by atoms with van der Waals surface area (Å²) in [6.07, 6.45) is -0.504. The largest absolute Gasteiger partial charge is 0.476 e. The molecular weight excluding hydrogens is 165 g/mol. The molecule has 2 radical (unpaired) electrons. The first-order valence-corrected chi connectivity index (χ1v) is 3.29. The molecule has 0 aromatic rings. The summed E-state index contributed by atoms with van der Waals surface area (Å²) in [6.45, 7) is 1.55. The van der Waals surface area contributed by atoms with E-state index >= 15 is 0 Å².